The number of benzene rings is 1. The average molecular weight is 237 g/mol. The molecule has 1 aliphatic carbocycles. The molecule has 1 aromatic carbocycles. The lowest BCUT2D eigenvalue weighted by Gasteiger charge is -2.22. The summed E-state index contributed by atoms with van der Waals surface area (Å²) in [6, 6.07) is 3.77. The Morgan fingerprint density at radius 1 is 1.35 bits per heavy atom. The van der Waals surface area contributed by atoms with Gasteiger partial charge in [0.1, 0.15) is 5.60 Å². The summed E-state index contributed by atoms with van der Waals surface area (Å²) in [6.45, 7) is 2.30. The zero-order chi connectivity index (χ0) is 12.6. The van der Waals surface area contributed by atoms with E-state index in [1.165, 1.54) is 0 Å². The summed E-state index contributed by atoms with van der Waals surface area (Å²) in [5.41, 5.74) is 6.71. The van der Waals surface area contributed by atoms with Crippen LogP contribution in [0.1, 0.15) is 30.4 Å². The van der Waals surface area contributed by atoms with Crippen molar-refractivity contribution >= 4 is 0 Å². The molecule has 0 saturated carbocycles. The lowest BCUT2D eigenvalue weighted by atomic mass is 9.96. The number of aliphatic hydroxyl groups is 1. The molecule has 0 amide bonds. The largest absolute Gasteiger partial charge is 0.493 e. The number of ether oxygens (including phenoxy) is 2. The van der Waals surface area contributed by atoms with Crippen LogP contribution in [0.2, 0.25) is 0 Å². The first-order chi connectivity index (χ1) is 8.05. The molecular weight excluding hydrogens is 218 g/mol. The van der Waals surface area contributed by atoms with Crippen molar-refractivity contribution in [3.05, 3.63) is 23.3 Å². The van der Waals surface area contributed by atoms with Gasteiger partial charge in [0, 0.05) is 6.54 Å². The highest BCUT2D eigenvalue weighted by Gasteiger charge is 2.40. The average Bonchev–Trinajstić information content (AvgIpc) is 2.60. The molecule has 94 valence electrons. The number of hydrogen-bond donors (Lipinski definition) is 2. The molecule has 0 saturated heterocycles. The van der Waals surface area contributed by atoms with E-state index < -0.39 is 5.60 Å². The molecule has 0 aromatic heterocycles. The summed E-state index contributed by atoms with van der Waals surface area (Å²) in [6.07, 6.45) is 0.648. The van der Waals surface area contributed by atoms with Crippen LogP contribution in [0.25, 0.3) is 0 Å². The van der Waals surface area contributed by atoms with Gasteiger partial charge < -0.3 is 20.3 Å². The van der Waals surface area contributed by atoms with Crippen molar-refractivity contribution in [1.29, 1.82) is 0 Å². The molecule has 0 spiro atoms. The molecule has 17 heavy (non-hydrogen) atoms. The maximum Gasteiger partial charge on any atom is 0.161 e. The molecule has 2 rings (SSSR count). The van der Waals surface area contributed by atoms with Gasteiger partial charge in [0.05, 0.1) is 14.2 Å². The van der Waals surface area contributed by atoms with Gasteiger partial charge in [0.25, 0.3) is 0 Å². The van der Waals surface area contributed by atoms with Crippen molar-refractivity contribution in [1.82, 2.24) is 0 Å². The van der Waals surface area contributed by atoms with Crippen LogP contribution in [0.3, 0.4) is 0 Å². The fraction of sp³-hybridized carbons (Fsp3) is 0.538. The van der Waals surface area contributed by atoms with Crippen LogP contribution in [0.4, 0.5) is 0 Å². The van der Waals surface area contributed by atoms with E-state index in [4.69, 9.17) is 15.2 Å². The van der Waals surface area contributed by atoms with Crippen molar-refractivity contribution in [3.63, 3.8) is 0 Å². The summed E-state index contributed by atoms with van der Waals surface area (Å²) in [4.78, 5) is 0. The van der Waals surface area contributed by atoms with Gasteiger partial charge in [-0.3, -0.25) is 0 Å². The second-order valence-electron chi connectivity index (χ2n) is 4.64. The van der Waals surface area contributed by atoms with Gasteiger partial charge in [-0.05, 0) is 35.6 Å². The van der Waals surface area contributed by atoms with E-state index in [0.717, 1.165) is 11.1 Å². The van der Waals surface area contributed by atoms with E-state index in [2.05, 4.69) is 6.92 Å². The molecule has 0 radical (unpaired) electrons. The maximum absolute atomic E-state index is 10.5. The third kappa shape index (κ3) is 1.77. The minimum atomic E-state index is -0.936. The summed E-state index contributed by atoms with van der Waals surface area (Å²) >= 11 is 0. The predicted octanol–water partition coefficient (Wildman–Crippen LogP) is 1.36. The zero-order valence-electron chi connectivity index (χ0n) is 10.5. The van der Waals surface area contributed by atoms with Crippen LogP contribution < -0.4 is 15.2 Å². The Hall–Kier alpha value is -1.26. The molecule has 1 aromatic rings. The minimum Gasteiger partial charge on any atom is -0.493 e. The first-order valence-electron chi connectivity index (χ1n) is 5.74. The second-order valence-corrected chi connectivity index (χ2v) is 4.64. The number of rotatable bonds is 3. The van der Waals surface area contributed by atoms with Crippen LogP contribution >= 0.6 is 0 Å². The lowest BCUT2D eigenvalue weighted by Crippen LogP contribution is -2.32. The van der Waals surface area contributed by atoms with Gasteiger partial charge >= 0.3 is 0 Å². The van der Waals surface area contributed by atoms with Gasteiger partial charge in [-0.2, -0.15) is 0 Å². The van der Waals surface area contributed by atoms with E-state index in [1.54, 1.807) is 14.2 Å². The van der Waals surface area contributed by atoms with Crippen LogP contribution in [0.15, 0.2) is 12.1 Å². The van der Waals surface area contributed by atoms with Gasteiger partial charge in [-0.25, -0.2) is 0 Å². The predicted molar refractivity (Wildman–Crippen MR) is 65.5 cm³/mol. The van der Waals surface area contributed by atoms with Gasteiger partial charge in [0.2, 0.25) is 0 Å². The van der Waals surface area contributed by atoms with E-state index in [9.17, 15) is 5.11 Å². The van der Waals surface area contributed by atoms with Crippen LogP contribution in [0.5, 0.6) is 11.5 Å². The SMILES string of the molecule is COc1cc2c(cc1OC)C(O)(CN)CC2C. The van der Waals surface area contributed by atoms with Gasteiger partial charge in [0.15, 0.2) is 11.5 Å². The highest BCUT2D eigenvalue weighted by Crippen LogP contribution is 2.47. The summed E-state index contributed by atoms with van der Waals surface area (Å²) in [7, 11) is 3.20. The van der Waals surface area contributed by atoms with Crippen molar-refractivity contribution in [2.45, 2.75) is 24.9 Å². The molecule has 2 atom stereocenters. The first kappa shape index (κ1) is 12.2. The summed E-state index contributed by atoms with van der Waals surface area (Å²) < 4.78 is 10.5. The molecule has 0 aliphatic heterocycles. The number of hydrogen-bond acceptors (Lipinski definition) is 4. The van der Waals surface area contributed by atoms with E-state index in [1.807, 2.05) is 12.1 Å². The smallest absolute Gasteiger partial charge is 0.161 e. The summed E-state index contributed by atoms with van der Waals surface area (Å²) in [5, 5.41) is 10.5. The molecule has 4 heteroatoms. The Labute approximate surface area is 101 Å². The van der Waals surface area contributed by atoms with E-state index in [-0.39, 0.29) is 12.5 Å². The number of fused-ring (bicyclic) bond motifs is 1. The number of nitrogens with two attached hydrogens (primary N) is 1. The van der Waals surface area contributed by atoms with Crippen molar-refractivity contribution in [2.24, 2.45) is 5.73 Å². The van der Waals surface area contributed by atoms with E-state index in [0.29, 0.717) is 17.9 Å². The van der Waals surface area contributed by atoms with Gasteiger partial charge in [-0.15, -0.1) is 0 Å². The van der Waals surface area contributed by atoms with Crippen LogP contribution in [0, 0.1) is 0 Å². The fourth-order valence-electron chi connectivity index (χ4n) is 2.63. The quantitative estimate of drug-likeness (QED) is 0.833. The molecular formula is C13H19NO3. The summed E-state index contributed by atoms with van der Waals surface area (Å²) in [5.74, 6) is 1.60. The monoisotopic (exact) mass is 237 g/mol. The number of methoxy groups -OCH3 is 2. The first-order valence-corrected chi connectivity index (χ1v) is 5.74. The second kappa shape index (κ2) is 4.20. The Bertz CT molecular complexity index is 433. The molecule has 1 aliphatic rings. The molecule has 3 N–H and O–H groups in total. The highest BCUT2D eigenvalue weighted by molar-refractivity contribution is 5.53. The Morgan fingerprint density at radius 3 is 2.47 bits per heavy atom. The molecule has 4 nitrogen and oxygen atoms in total. The normalized spacial score (nSPS) is 26.8. The van der Waals surface area contributed by atoms with Gasteiger partial charge in [-0.1, -0.05) is 6.92 Å². The van der Waals surface area contributed by atoms with Crippen molar-refractivity contribution in [2.75, 3.05) is 20.8 Å². The fourth-order valence-corrected chi connectivity index (χ4v) is 2.63. The van der Waals surface area contributed by atoms with Crippen molar-refractivity contribution < 1.29 is 14.6 Å². The zero-order valence-corrected chi connectivity index (χ0v) is 10.5. The molecule has 0 bridgehead atoms. The standard InChI is InChI=1S/C13H19NO3/c1-8-6-13(15,7-14)10-5-12(17-3)11(16-2)4-9(8)10/h4-5,8,15H,6-7,14H2,1-3H3. The lowest BCUT2D eigenvalue weighted by molar-refractivity contribution is 0.0438. The maximum atomic E-state index is 10.5. The molecule has 0 heterocycles. The topological polar surface area (TPSA) is 64.7 Å². The van der Waals surface area contributed by atoms with Crippen molar-refractivity contribution in [3.8, 4) is 11.5 Å². The Morgan fingerprint density at radius 2 is 1.94 bits per heavy atom. The Balaban J connectivity index is 2.58. The highest BCUT2D eigenvalue weighted by atomic mass is 16.5. The third-order valence-corrected chi connectivity index (χ3v) is 3.57. The van der Waals surface area contributed by atoms with E-state index >= 15 is 0 Å². The molecule has 2 unspecified atom stereocenters. The Kier molecular flexibility index (Phi) is 3.02. The third-order valence-electron chi connectivity index (χ3n) is 3.57. The van der Waals surface area contributed by atoms with Crippen LogP contribution in [-0.4, -0.2) is 25.9 Å². The minimum absolute atomic E-state index is 0.222. The van der Waals surface area contributed by atoms with Crippen LogP contribution in [-0.2, 0) is 5.60 Å². The molecule has 0 fully saturated rings.